The summed E-state index contributed by atoms with van der Waals surface area (Å²) in [5, 5.41) is 9.30. The number of halogens is 3. The fraction of sp³-hybridized carbons (Fsp3) is 0.625. The topological polar surface area (TPSA) is 32.7 Å². The molecule has 1 aliphatic heterocycles. The Hall–Kier alpha value is -1.27. The third-order valence-corrected chi connectivity index (χ3v) is 4.05. The van der Waals surface area contributed by atoms with Crippen LogP contribution in [-0.4, -0.2) is 42.0 Å². The molecule has 22 heavy (non-hydrogen) atoms. The number of aliphatic hydroxyl groups excluding tert-OH is 1. The second kappa shape index (κ2) is 7.33. The van der Waals surface area contributed by atoms with Gasteiger partial charge in [0.15, 0.2) is 6.61 Å². The Kier molecular flexibility index (Phi) is 5.69. The van der Waals surface area contributed by atoms with E-state index in [-0.39, 0.29) is 18.3 Å². The van der Waals surface area contributed by atoms with E-state index in [9.17, 15) is 18.3 Å². The lowest BCUT2D eigenvalue weighted by Crippen LogP contribution is -2.42. The molecule has 2 atom stereocenters. The second-order valence-corrected chi connectivity index (χ2v) is 5.96. The summed E-state index contributed by atoms with van der Waals surface area (Å²) in [6.45, 7) is 2.50. The van der Waals surface area contributed by atoms with Crippen LogP contribution in [0.15, 0.2) is 24.3 Å². The van der Waals surface area contributed by atoms with E-state index in [0.717, 1.165) is 24.9 Å². The number of benzene rings is 1. The van der Waals surface area contributed by atoms with Crippen molar-refractivity contribution < 1.29 is 23.0 Å². The van der Waals surface area contributed by atoms with Crippen LogP contribution in [0, 0.1) is 5.92 Å². The summed E-state index contributed by atoms with van der Waals surface area (Å²) in [4.78, 5) is 2.26. The molecular weight excluding hydrogens is 295 g/mol. The molecule has 0 saturated carbocycles. The summed E-state index contributed by atoms with van der Waals surface area (Å²) >= 11 is 0. The summed E-state index contributed by atoms with van der Waals surface area (Å²) in [6, 6.07) is 7.18. The van der Waals surface area contributed by atoms with Gasteiger partial charge in [0.05, 0.1) is 0 Å². The quantitative estimate of drug-likeness (QED) is 0.905. The molecule has 0 aliphatic carbocycles. The maximum absolute atomic E-state index is 12.2. The lowest BCUT2D eigenvalue weighted by atomic mass is 9.93. The van der Waals surface area contributed by atoms with Gasteiger partial charge in [0.25, 0.3) is 0 Å². The van der Waals surface area contributed by atoms with E-state index in [2.05, 4.69) is 11.8 Å². The molecular formula is C16H22F3NO2. The van der Waals surface area contributed by atoms with E-state index in [1.807, 2.05) is 6.07 Å². The second-order valence-electron chi connectivity index (χ2n) is 5.96. The van der Waals surface area contributed by atoms with Crippen LogP contribution in [0.2, 0.25) is 0 Å². The molecule has 1 aliphatic rings. The zero-order chi connectivity index (χ0) is 16.2. The molecule has 2 unspecified atom stereocenters. The van der Waals surface area contributed by atoms with Crippen molar-refractivity contribution in [1.29, 1.82) is 0 Å². The van der Waals surface area contributed by atoms with Crippen LogP contribution in [0.5, 0.6) is 5.75 Å². The van der Waals surface area contributed by atoms with Crippen LogP contribution in [0.3, 0.4) is 0 Å². The third-order valence-electron chi connectivity index (χ3n) is 4.05. The van der Waals surface area contributed by atoms with Crippen molar-refractivity contribution in [1.82, 2.24) is 4.90 Å². The fourth-order valence-corrected chi connectivity index (χ4v) is 2.77. The van der Waals surface area contributed by atoms with E-state index in [1.165, 1.54) is 6.07 Å². The largest absolute Gasteiger partial charge is 0.484 e. The van der Waals surface area contributed by atoms with Gasteiger partial charge >= 0.3 is 6.18 Å². The molecule has 1 saturated heterocycles. The Balaban J connectivity index is 1.97. The highest BCUT2D eigenvalue weighted by Gasteiger charge is 2.28. The van der Waals surface area contributed by atoms with E-state index in [0.29, 0.717) is 12.6 Å². The number of ether oxygens (including phenoxy) is 1. The predicted octanol–water partition coefficient (Wildman–Crippen LogP) is 3.22. The van der Waals surface area contributed by atoms with E-state index in [4.69, 9.17) is 4.74 Å². The monoisotopic (exact) mass is 317 g/mol. The lowest BCUT2D eigenvalue weighted by molar-refractivity contribution is -0.153. The average Bonchev–Trinajstić information content (AvgIpc) is 2.47. The van der Waals surface area contributed by atoms with Gasteiger partial charge in [-0.2, -0.15) is 13.2 Å². The molecule has 3 nitrogen and oxygen atoms in total. The minimum Gasteiger partial charge on any atom is -0.484 e. The van der Waals surface area contributed by atoms with Crippen molar-refractivity contribution in [2.45, 2.75) is 38.5 Å². The highest BCUT2D eigenvalue weighted by Crippen LogP contribution is 2.25. The highest BCUT2D eigenvalue weighted by atomic mass is 19.4. The van der Waals surface area contributed by atoms with Gasteiger partial charge in [-0.15, -0.1) is 0 Å². The van der Waals surface area contributed by atoms with Crippen LogP contribution in [0.4, 0.5) is 13.2 Å². The van der Waals surface area contributed by atoms with Gasteiger partial charge in [-0.25, -0.2) is 0 Å². The first-order valence-corrected chi connectivity index (χ1v) is 7.51. The normalized spacial score (nSPS) is 23.5. The SMILES string of the molecule is CC1CCC(CO)CN1Cc1cccc(OCC(F)(F)F)c1. The van der Waals surface area contributed by atoms with Crippen molar-refractivity contribution in [2.75, 3.05) is 19.8 Å². The summed E-state index contributed by atoms with van der Waals surface area (Å²) in [5.41, 5.74) is 0.921. The standard InChI is InChI=1S/C16H22F3NO2/c1-12-5-6-14(10-21)9-20(12)8-13-3-2-4-15(7-13)22-11-16(17,18)19/h2-4,7,12,14,21H,5-6,8-11H2,1H3. The van der Waals surface area contributed by atoms with Gasteiger partial charge in [0.1, 0.15) is 5.75 Å². The molecule has 1 heterocycles. The number of aliphatic hydroxyl groups is 1. The first kappa shape index (κ1) is 17.1. The first-order chi connectivity index (χ1) is 10.4. The van der Waals surface area contributed by atoms with Crippen molar-refractivity contribution in [3.8, 4) is 5.75 Å². The summed E-state index contributed by atoms with van der Waals surface area (Å²) < 4.78 is 41.4. The number of hydrogen-bond donors (Lipinski definition) is 1. The lowest BCUT2D eigenvalue weighted by Gasteiger charge is -2.37. The molecule has 124 valence electrons. The first-order valence-electron chi connectivity index (χ1n) is 7.51. The molecule has 1 aromatic carbocycles. The van der Waals surface area contributed by atoms with Crippen LogP contribution in [0.25, 0.3) is 0 Å². The van der Waals surface area contributed by atoms with E-state index >= 15 is 0 Å². The van der Waals surface area contributed by atoms with Crippen molar-refractivity contribution in [3.63, 3.8) is 0 Å². The molecule has 1 aromatic rings. The summed E-state index contributed by atoms with van der Waals surface area (Å²) in [7, 11) is 0. The molecule has 0 bridgehead atoms. The Labute approximate surface area is 128 Å². The van der Waals surface area contributed by atoms with Crippen molar-refractivity contribution in [2.24, 2.45) is 5.92 Å². The molecule has 0 aromatic heterocycles. The maximum atomic E-state index is 12.2. The third kappa shape index (κ3) is 5.18. The minimum absolute atomic E-state index is 0.179. The van der Waals surface area contributed by atoms with Crippen LogP contribution >= 0.6 is 0 Å². The van der Waals surface area contributed by atoms with E-state index in [1.54, 1.807) is 12.1 Å². The van der Waals surface area contributed by atoms with Crippen LogP contribution in [0.1, 0.15) is 25.3 Å². The number of alkyl halides is 3. The number of likely N-dealkylation sites (tertiary alicyclic amines) is 1. The summed E-state index contributed by atoms with van der Waals surface area (Å²) in [5.74, 6) is 0.513. The predicted molar refractivity (Wildman–Crippen MR) is 77.7 cm³/mol. The molecule has 1 N–H and O–H groups in total. The molecule has 0 amide bonds. The van der Waals surface area contributed by atoms with Gasteiger partial charge < -0.3 is 9.84 Å². The Morgan fingerprint density at radius 1 is 1.32 bits per heavy atom. The number of nitrogens with zero attached hydrogens (tertiary/aromatic N) is 1. The van der Waals surface area contributed by atoms with E-state index < -0.39 is 12.8 Å². The van der Waals surface area contributed by atoms with Gasteiger partial charge in [-0.1, -0.05) is 12.1 Å². The molecule has 0 spiro atoms. The van der Waals surface area contributed by atoms with Gasteiger partial charge in [0.2, 0.25) is 0 Å². The molecule has 2 rings (SSSR count). The molecule has 0 radical (unpaired) electrons. The average molecular weight is 317 g/mol. The van der Waals surface area contributed by atoms with Crippen LogP contribution < -0.4 is 4.74 Å². The molecule has 1 fully saturated rings. The number of rotatable bonds is 5. The number of hydrogen-bond acceptors (Lipinski definition) is 3. The zero-order valence-corrected chi connectivity index (χ0v) is 12.6. The van der Waals surface area contributed by atoms with Crippen LogP contribution in [-0.2, 0) is 6.54 Å². The smallest absolute Gasteiger partial charge is 0.422 e. The van der Waals surface area contributed by atoms with Crippen molar-refractivity contribution in [3.05, 3.63) is 29.8 Å². The summed E-state index contributed by atoms with van der Waals surface area (Å²) in [6.07, 6.45) is -2.29. The van der Waals surface area contributed by atoms with Gasteiger partial charge in [-0.05, 0) is 43.4 Å². The Morgan fingerprint density at radius 3 is 2.77 bits per heavy atom. The Bertz CT molecular complexity index is 479. The van der Waals surface area contributed by atoms with Gasteiger partial charge in [0, 0.05) is 25.7 Å². The van der Waals surface area contributed by atoms with Gasteiger partial charge in [-0.3, -0.25) is 4.90 Å². The number of piperidine rings is 1. The molecule has 6 heteroatoms. The fourth-order valence-electron chi connectivity index (χ4n) is 2.77. The minimum atomic E-state index is -4.33. The Morgan fingerprint density at radius 2 is 2.09 bits per heavy atom. The highest BCUT2D eigenvalue weighted by molar-refractivity contribution is 5.28. The zero-order valence-electron chi connectivity index (χ0n) is 12.6. The maximum Gasteiger partial charge on any atom is 0.422 e. The van der Waals surface area contributed by atoms with Crippen molar-refractivity contribution >= 4 is 0 Å².